The fourth-order valence-corrected chi connectivity index (χ4v) is 4.81. The van der Waals surface area contributed by atoms with Gasteiger partial charge in [0.25, 0.3) is 5.91 Å². The molecule has 0 aliphatic carbocycles. The van der Waals surface area contributed by atoms with Crippen LogP contribution in [0.5, 0.6) is 5.75 Å². The molecule has 178 valence electrons. The third-order valence-corrected chi connectivity index (χ3v) is 6.91. The van der Waals surface area contributed by atoms with Crippen LogP contribution in [0.2, 0.25) is 0 Å². The van der Waals surface area contributed by atoms with Crippen molar-refractivity contribution in [2.45, 2.75) is 37.7 Å². The maximum Gasteiger partial charge on any atom is 0.387 e. The van der Waals surface area contributed by atoms with Gasteiger partial charge in [-0.2, -0.15) is 13.1 Å². The van der Waals surface area contributed by atoms with E-state index in [1.54, 1.807) is 13.0 Å². The number of anilines is 1. The average molecular weight is 482 g/mol. The highest BCUT2D eigenvalue weighted by Crippen LogP contribution is 2.25. The summed E-state index contributed by atoms with van der Waals surface area (Å²) in [5.41, 5.74) is 1.64. The van der Waals surface area contributed by atoms with Gasteiger partial charge in [-0.05, 0) is 67.3 Å². The number of hydrogen-bond acceptors (Lipinski definition) is 6. The van der Waals surface area contributed by atoms with E-state index in [2.05, 4.69) is 15.2 Å². The molecular weight excluding hydrogens is 456 g/mol. The van der Waals surface area contributed by atoms with Crippen molar-refractivity contribution in [1.29, 1.82) is 0 Å². The number of carbonyl (C=O) groups is 1. The fourth-order valence-electron chi connectivity index (χ4n) is 3.27. The van der Waals surface area contributed by atoms with Crippen molar-refractivity contribution in [2.24, 2.45) is 5.16 Å². The van der Waals surface area contributed by atoms with Gasteiger partial charge in [-0.3, -0.25) is 4.79 Å². The number of piperidine rings is 1. The van der Waals surface area contributed by atoms with Gasteiger partial charge in [-0.1, -0.05) is 17.6 Å². The van der Waals surface area contributed by atoms with E-state index in [9.17, 15) is 22.0 Å². The molecule has 0 radical (unpaired) electrons. The number of benzene rings is 2. The Kier molecular flexibility index (Phi) is 8.34. The fraction of sp³-hybridized carbons (Fsp3) is 0.364. The summed E-state index contributed by atoms with van der Waals surface area (Å²) in [7, 11) is -3.62. The van der Waals surface area contributed by atoms with E-state index in [0.29, 0.717) is 29.9 Å². The summed E-state index contributed by atoms with van der Waals surface area (Å²) in [6.07, 6.45) is 4.00. The zero-order chi connectivity index (χ0) is 23.8. The second-order valence-electron chi connectivity index (χ2n) is 7.45. The molecule has 2 aromatic carbocycles. The number of halogens is 2. The second kappa shape index (κ2) is 11.2. The average Bonchev–Trinajstić information content (AvgIpc) is 2.79. The Morgan fingerprint density at radius 2 is 1.85 bits per heavy atom. The van der Waals surface area contributed by atoms with E-state index < -0.39 is 29.1 Å². The lowest BCUT2D eigenvalue weighted by Crippen LogP contribution is -2.35. The highest BCUT2D eigenvalue weighted by atomic mass is 32.2. The van der Waals surface area contributed by atoms with Crippen molar-refractivity contribution >= 4 is 27.8 Å². The van der Waals surface area contributed by atoms with Crippen molar-refractivity contribution in [3.05, 3.63) is 53.6 Å². The van der Waals surface area contributed by atoms with Gasteiger partial charge in [0.1, 0.15) is 5.75 Å². The highest BCUT2D eigenvalue weighted by molar-refractivity contribution is 7.89. The van der Waals surface area contributed by atoms with Crippen molar-refractivity contribution in [3.63, 3.8) is 0 Å². The van der Waals surface area contributed by atoms with Gasteiger partial charge in [-0.25, -0.2) is 8.42 Å². The number of sulfonamides is 1. The highest BCUT2D eigenvalue weighted by Gasteiger charge is 2.26. The maximum absolute atomic E-state index is 12.9. The van der Waals surface area contributed by atoms with Crippen molar-refractivity contribution in [3.8, 4) is 5.75 Å². The van der Waals surface area contributed by atoms with Crippen molar-refractivity contribution in [2.75, 3.05) is 25.0 Å². The Morgan fingerprint density at radius 3 is 2.52 bits per heavy atom. The minimum Gasteiger partial charge on any atom is -0.435 e. The summed E-state index contributed by atoms with van der Waals surface area (Å²) in [6.45, 7) is -0.559. The number of ether oxygens (including phenoxy) is 1. The molecule has 1 fully saturated rings. The molecule has 1 aliphatic heterocycles. The van der Waals surface area contributed by atoms with Crippen LogP contribution in [0.4, 0.5) is 14.5 Å². The first-order chi connectivity index (χ1) is 15.8. The lowest BCUT2D eigenvalue weighted by Gasteiger charge is -2.26. The number of nitrogens with one attached hydrogen (secondary N) is 1. The van der Waals surface area contributed by atoms with Crippen LogP contribution < -0.4 is 10.1 Å². The molecule has 33 heavy (non-hydrogen) atoms. The summed E-state index contributed by atoms with van der Waals surface area (Å²) >= 11 is 0. The minimum atomic E-state index is -3.62. The normalized spacial score (nSPS) is 15.0. The Balaban J connectivity index is 1.55. The molecule has 0 aromatic heterocycles. The first-order valence-electron chi connectivity index (χ1n) is 10.4. The van der Waals surface area contributed by atoms with Crippen LogP contribution in [0.3, 0.4) is 0 Å². The summed E-state index contributed by atoms with van der Waals surface area (Å²) in [5.74, 6) is -0.495. The van der Waals surface area contributed by atoms with E-state index in [0.717, 1.165) is 19.3 Å². The first-order valence-corrected chi connectivity index (χ1v) is 11.8. The van der Waals surface area contributed by atoms with E-state index in [1.807, 2.05) is 0 Å². The van der Waals surface area contributed by atoms with Crippen molar-refractivity contribution in [1.82, 2.24) is 4.31 Å². The smallest absolute Gasteiger partial charge is 0.387 e. The number of nitrogens with zero attached hydrogens (tertiary/aromatic N) is 2. The van der Waals surface area contributed by atoms with E-state index in [-0.39, 0.29) is 10.6 Å². The predicted octanol–water partition coefficient (Wildman–Crippen LogP) is 3.76. The molecule has 1 heterocycles. The Bertz CT molecular complexity index is 1090. The van der Waals surface area contributed by atoms with E-state index >= 15 is 0 Å². The zero-order valence-corrected chi connectivity index (χ0v) is 18.9. The summed E-state index contributed by atoms with van der Waals surface area (Å²) < 4.78 is 55.8. The van der Waals surface area contributed by atoms with Crippen LogP contribution in [0.15, 0.2) is 52.5 Å². The molecule has 1 aliphatic rings. The summed E-state index contributed by atoms with van der Waals surface area (Å²) in [4.78, 5) is 17.3. The van der Waals surface area contributed by atoms with Gasteiger partial charge in [0.05, 0.1) is 11.1 Å². The summed E-state index contributed by atoms with van der Waals surface area (Å²) in [6, 6.07) is 10.3. The Labute approximate surface area is 191 Å². The molecule has 0 atom stereocenters. The van der Waals surface area contributed by atoms with Crippen LogP contribution in [-0.4, -0.2) is 51.2 Å². The topological polar surface area (TPSA) is 97.3 Å². The Hall–Kier alpha value is -3.05. The first kappa shape index (κ1) is 24.6. The number of aryl methyl sites for hydroxylation is 1. The largest absolute Gasteiger partial charge is 0.435 e. The predicted molar refractivity (Wildman–Crippen MR) is 119 cm³/mol. The molecule has 2 aromatic rings. The lowest BCUT2D eigenvalue weighted by atomic mass is 10.2. The summed E-state index contributed by atoms with van der Waals surface area (Å²) in [5, 5.41) is 6.32. The molecule has 0 bridgehead atoms. The van der Waals surface area contributed by atoms with Crippen LogP contribution in [0, 0.1) is 6.92 Å². The van der Waals surface area contributed by atoms with Crippen molar-refractivity contribution < 1.29 is 31.6 Å². The van der Waals surface area contributed by atoms with E-state index in [1.165, 1.54) is 46.9 Å². The number of hydrogen-bond donors (Lipinski definition) is 1. The third-order valence-electron chi connectivity index (χ3n) is 5.01. The minimum absolute atomic E-state index is 0.0161. The van der Waals surface area contributed by atoms with Gasteiger partial charge >= 0.3 is 6.61 Å². The molecule has 1 amide bonds. The molecular formula is C22H25F2N3O5S. The molecule has 11 heteroatoms. The van der Waals surface area contributed by atoms with Gasteiger partial charge in [0.2, 0.25) is 10.0 Å². The number of rotatable bonds is 9. The second-order valence-corrected chi connectivity index (χ2v) is 9.38. The zero-order valence-electron chi connectivity index (χ0n) is 18.0. The van der Waals surface area contributed by atoms with E-state index in [4.69, 9.17) is 4.84 Å². The van der Waals surface area contributed by atoms with Gasteiger partial charge in [-0.15, -0.1) is 0 Å². The van der Waals surface area contributed by atoms with Crippen LogP contribution in [0.1, 0.15) is 30.4 Å². The molecule has 8 nitrogen and oxygen atoms in total. The standard InChI is InChI=1S/C22H25F2N3O5S/c1-16-5-10-19(33(29,30)27-11-3-2-4-12-27)13-20(16)26-21(28)15-31-25-14-17-6-8-18(9-7-17)32-22(23)24/h5-10,13-14,22H,2-4,11-12,15H2,1H3,(H,26,28)/b25-14+. The maximum atomic E-state index is 12.9. The number of alkyl halides is 2. The lowest BCUT2D eigenvalue weighted by molar-refractivity contribution is -0.120. The van der Waals surface area contributed by atoms with Crippen LogP contribution in [0.25, 0.3) is 0 Å². The SMILES string of the molecule is Cc1ccc(S(=O)(=O)N2CCCCC2)cc1NC(=O)CO/N=C/c1ccc(OC(F)F)cc1. The van der Waals surface area contributed by atoms with Gasteiger partial charge in [0, 0.05) is 18.8 Å². The third kappa shape index (κ3) is 6.96. The number of amides is 1. The van der Waals surface area contributed by atoms with Crippen LogP contribution >= 0.6 is 0 Å². The number of oxime groups is 1. The quantitative estimate of drug-likeness (QED) is 0.435. The Morgan fingerprint density at radius 1 is 1.15 bits per heavy atom. The molecule has 0 saturated carbocycles. The van der Waals surface area contributed by atoms with Gasteiger partial charge < -0.3 is 14.9 Å². The molecule has 1 N–H and O–H groups in total. The van der Waals surface area contributed by atoms with Crippen LogP contribution in [-0.2, 0) is 19.7 Å². The number of carbonyl (C=O) groups excluding carboxylic acids is 1. The molecule has 1 saturated heterocycles. The molecule has 3 rings (SSSR count). The monoisotopic (exact) mass is 481 g/mol. The molecule has 0 spiro atoms. The van der Waals surface area contributed by atoms with Gasteiger partial charge in [0.15, 0.2) is 6.61 Å². The molecule has 0 unspecified atom stereocenters.